The highest BCUT2D eigenvalue weighted by Crippen LogP contribution is 2.59. The van der Waals surface area contributed by atoms with E-state index in [-0.39, 0.29) is 23.7 Å². The summed E-state index contributed by atoms with van der Waals surface area (Å²) < 4.78 is 0. The molecule has 1 aliphatic rings. The SMILES string of the molecule is CCCCCCCCCC(C(C)C(=O)O)C1(CCCC(=O)O)CC1. The van der Waals surface area contributed by atoms with Gasteiger partial charge in [-0.25, -0.2) is 0 Å². The first-order chi connectivity index (χ1) is 11.4. The van der Waals surface area contributed by atoms with Crippen molar-refractivity contribution in [2.45, 2.75) is 97.3 Å². The molecule has 4 nitrogen and oxygen atoms in total. The van der Waals surface area contributed by atoms with Crippen LogP contribution in [0.25, 0.3) is 0 Å². The van der Waals surface area contributed by atoms with Crippen LogP contribution in [-0.2, 0) is 9.59 Å². The monoisotopic (exact) mass is 340 g/mol. The third-order valence-corrected chi connectivity index (χ3v) is 5.86. The summed E-state index contributed by atoms with van der Waals surface area (Å²) in [4.78, 5) is 22.3. The Morgan fingerprint density at radius 3 is 2.04 bits per heavy atom. The number of hydrogen-bond donors (Lipinski definition) is 2. The molecule has 0 aromatic carbocycles. The van der Waals surface area contributed by atoms with Crippen molar-refractivity contribution in [1.82, 2.24) is 0 Å². The summed E-state index contributed by atoms with van der Waals surface area (Å²) in [5.41, 5.74) is 0.107. The number of carboxylic acids is 2. The molecular weight excluding hydrogens is 304 g/mol. The maximum atomic E-state index is 11.5. The van der Waals surface area contributed by atoms with Crippen molar-refractivity contribution in [2.75, 3.05) is 0 Å². The van der Waals surface area contributed by atoms with Crippen LogP contribution in [0.1, 0.15) is 97.3 Å². The van der Waals surface area contributed by atoms with Crippen molar-refractivity contribution in [3.8, 4) is 0 Å². The van der Waals surface area contributed by atoms with Gasteiger partial charge in [0.25, 0.3) is 0 Å². The van der Waals surface area contributed by atoms with Gasteiger partial charge in [-0.1, -0.05) is 58.8 Å². The van der Waals surface area contributed by atoms with Gasteiger partial charge in [0.15, 0.2) is 0 Å². The average Bonchev–Trinajstić information content (AvgIpc) is 3.29. The molecule has 0 radical (unpaired) electrons. The highest BCUT2D eigenvalue weighted by atomic mass is 16.4. The third-order valence-electron chi connectivity index (χ3n) is 5.86. The molecule has 0 heterocycles. The van der Waals surface area contributed by atoms with Crippen molar-refractivity contribution < 1.29 is 19.8 Å². The summed E-state index contributed by atoms with van der Waals surface area (Å²) in [6.45, 7) is 4.06. The topological polar surface area (TPSA) is 74.6 Å². The normalized spacial score (nSPS) is 18.1. The molecule has 0 saturated heterocycles. The predicted molar refractivity (Wildman–Crippen MR) is 96.1 cm³/mol. The Morgan fingerprint density at radius 2 is 1.54 bits per heavy atom. The van der Waals surface area contributed by atoms with Crippen LogP contribution in [0.5, 0.6) is 0 Å². The minimum Gasteiger partial charge on any atom is -0.481 e. The Morgan fingerprint density at radius 1 is 0.958 bits per heavy atom. The second-order valence-corrected chi connectivity index (χ2v) is 7.75. The van der Waals surface area contributed by atoms with Gasteiger partial charge >= 0.3 is 11.9 Å². The van der Waals surface area contributed by atoms with E-state index in [1.165, 1.54) is 38.5 Å². The minimum absolute atomic E-state index is 0.107. The zero-order valence-corrected chi connectivity index (χ0v) is 15.6. The Bertz CT molecular complexity index is 387. The smallest absolute Gasteiger partial charge is 0.306 e. The lowest BCUT2D eigenvalue weighted by Gasteiger charge is -2.30. The molecule has 140 valence electrons. The summed E-state index contributed by atoms with van der Waals surface area (Å²) in [7, 11) is 0. The van der Waals surface area contributed by atoms with Gasteiger partial charge < -0.3 is 10.2 Å². The zero-order chi connectivity index (χ0) is 18.0. The van der Waals surface area contributed by atoms with Crippen LogP contribution in [0.3, 0.4) is 0 Å². The highest BCUT2D eigenvalue weighted by Gasteiger charge is 2.51. The van der Waals surface area contributed by atoms with Gasteiger partial charge in [-0.05, 0) is 43.4 Å². The molecule has 0 aliphatic heterocycles. The number of rotatable bonds is 15. The number of hydrogen-bond acceptors (Lipinski definition) is 2. The number of unbranched alkanes of at least 4 members (excludes halogenated alkanes) is 6. The van der Waals surface area contributed by atoms with E-state index < -0.39 is 11.9 Å². The first-order valence-corrected chi connectivity index (χ1v) is 9.87. The van der Waals surface area contributed by atoms with Crippen LogP contribution in [0.15, 0.2) is 0 Å². The molecule has 2 unspecified atom stereocenters. The van der Waals surface area contributed by atoms with Crippen LogP contribution in [0.4, 0.5) is 0 Å². The van der Waals surface area contributed by atoms with Crippen molar-refractivity contribution in [3.63, 3.8) is 0 Å². The van der Waals surface area contributed by atoms with Crippen molar-refractivity contribution in [2.24, 2.45) is 17.3 Å². The Labute approximate surface area is 147 Å². The van der Waals surface area contributed by atoms with E-state index in [1.807, 2.05) is 6.92 Å². The third kappa shape index (κ3) is 7.23. The summed E-state index contributed by atoms with van der Waals surface area (Å²) in [5.74, 6) is -1.56. The lowest BCUT2D eigenvalue weighted by Crippen LogP contribution is -2.29. The average molecular weight is 341 g/mol. The van der Waals surface area contributed by atoms with E-state index >= 15 is 0 Å². The van der Waals surface area contributed by atoms with Gasteiger partial charge in [0.05, 0.1) is 5.92 Å². The van der Waals surface area contributed by atoms with Gasteiger partial charge in [-0.15, -0.1) is 0 Å². The Balaban J connectivity index is 2.43. The molecule has 4 heteroatoms. The molecule has 0 aromatic rings. The molecule has 1 aliphatic carbocycles. The highest BCUT2D eigenvalue weighted by molar-refractivity contribution is 5.70. The zero-order valence-electron chi connectivity index (χ0n) is 15.6. The summed E-state index contributed by atoms with van der Waals surface area (Å²) >= 11 is 0. The standard InChI is InChI=1S/C20H36O4/c1-3-4-5-6-7-8-9-11-17(16(2)19(23)24)20(14-15-20)13-10-12-18(21)22/h16-17H,3-15H2,1-2H3,(H,21,22)(H,23,24). The lowest BCUT2D eigenvalue weighted by molar-refractivity contribution is -0.144. The number of carbonyl (C=O) groups is 2. The van der Waals surface area contributed by atoms with Crippen molar-refractivity contribution in [3.05, 3.63) is 0 Å². The van der Waals surface area contributed by atoms with Gasteiger partial charge in [0.1, 0.15) is 0 Å². The molecule has 0 spiro atoms. The van der Waals surface area contributed by atoms with Crippen LogP contribution in [-0.4, -0.2) is 22.2 Å². The van der Waals surface area contributed by atoms with E-state index in [9.17, 15) is 14.7 Å². The molecule has 1 fully saturated rings. The number of aliphatic carboxylic acids is 2. The van der Waals surface area contributed by atoms with Crippen LogP contribution in [0, 0.1) is 17.3 Å². The van der Waals surface area contributed by atoms with E-state index in [0.29, 0.717) is 6.42 Å². The second kappa shape index (κ2) is 10.7. The maximum Gasteiger partial charge on any atom is 0.306 e. The van der Waals surface area contributed by atoms with Gasteiger partial charge in [-0.2, -0.15) is 0 Å². The molecule has 0 amide bonds. The minimum atomic E-state index is -0.749. The Kier molecular flexibility index (Phi) is 9.38. The van der Waals surface area contributed by atoms with E-state index in [4.69, 9.17) is 5.11 Å². The fourth-order valence-corrected chi connectivity index (χ4v) is 4.14. The van der Waals surface area contributed by atoms with Crippen LogP contribution >= 0.6 is 0 Å². The molecular formula is C20H36O4. The van der Waals surface area contributed by atoms with E-state index in [0.717, 1.165) is 32.1 Å². The van der Waals surface area contributed by atoms with E-state index in [2.05, 4.69) is 6.92 Å². The Hall–Kier alpha value is -1.06. The molecule has 0 aromatic heterocycles. The maximum absolute atomic E-state index is 11.5. The second-order valence-electron chi connectivity index (χ2n) is 7.75. The fraction of sp³-hybridized carbons (Fsp3) is 0.900. The van der Waals surface area contributed by atoms with E-state index in [1.54, 1.807) is 0 Å². The molecule has 2 atom stereocenters. The summed E-state index contributed by atoms with van der Waals surface area (Å²) in [6, 6.07) is 0. The fourth-order valence-electron chi connectivity index (χ4n) is 4.14. The van der Waals surface area contributed by atoms with Gasteiger partial charge in [0.2, 0.25) is 0 Å². The van der Waals surface area contributed by atoms with Crippen LogP contribution in [0.2, 0.25) is 0 Å². The molecule has 1 rings (SSSR count). The quantitative estimate of drug-likeness (QED) is 0.386. The lowest BCUT2D eigenvalue weighted by atomic mass is 9.74. The van der Waals surface area contributed by atoms with Gasteiger partial charge in [-0.3, -0.25) is 9.59 Å². The largest absolute Gasteiger partial charge is 0.481 e. The molecule has 2 N–H and O–H groups in total. The molecule has 1 saturated carbocycles. The predicted octanol–water partition coefficient (Wildman–Crippen LogP) is 5.50. The van der Waals surface area contributed by atoms with Crippen molar-refractivity contribution >= 4 is 11.9 Å². The van der Waals surface area contributed by atoms with Crippen LogP contribution < -0.4 is 0 Å². The number of carboxylic acid groups (broad SMARTS) is 2. The molecule has 0 bridgehead atoms. The van der Waals surface area contributed by atoms with Crippen molar-refractivity contribution in [1.29, 1.82) is 0 Å². The first-order valence-electron chi connectivity index (χ1n) is 9.87. The summed E-state index contributed by atoms with van der Waals surface area (Å²) in [6.07, 6.45) is 13.6. The summed E-state index contributed by atoms with van der Waals surface area (Å²) in [5, 5.41) is 18.3. The van der Waals surface area contributed by atoms with Gasteiger partial charge in [0, 0.05) is 6.42 Å². The molecule has 24 heavy (non-hydrogen) atoms. The first kappa shape index (κ1) is 21.0.